The molecule has 1 aromatic carbocycles. The summed E-state index contributed by atoms with van der Waals surface area (Å²) in [6.45, 7) is 1.57. The van der Waals surface area contributed by atoms with Gasteiger partial charge in [-0.2, -0.15) is 5.26 Å². The zero-order chi connectivity index (χ0) is 23.0. The molecule has 8 heteroatoms. The molecular weight excluding hydrogens is 452 g/mol. The Morgan fingerprint density at radius 2 is 1.91 bits per heavy atom. The molecule has 0 unspecified atom stereocenters. The van der Waals surface area contributed by atoms with Crippen molar-refractivity contribution in [3.8, 4) is 6.07 Å². The number of rotatable bonds is 7. The Kier molecular flexibility index (Phi) is 8.40. The second kappa shape index (κ2) is 11.7. The highest BCUT2D eigenvalue weighted by Crippen LogP contribution is 2.33. The fourth-order valence-electron chi connectivity index (χ4n) is 4.62. The van der Waals surface area contributed by atoms with E-state index in [0.717, 1.165) is 54.4 Å². The van der Waals surface area contributed by atoms with Crippen LogP contribution in [0.4, 0.5) is 5.69 Å². The van der Waals surface area contributed by atoms with Crippen LogP contribution in [-0.2, 0) is 4.79 Å². The quantitative estimate of drug-likeness (QED) is 0.405. The third-order valence-corrected chi connectivity index (χ3v) is 8.55. The number of likely N-dealkylation sites (tertiary alicyclic amines) is 1. The molecule has 1 saturated heterocycles. The number of para-hydroxylation sites is 1. The minimum Gasteiger partial charge on any atom is -0.342 e. The summed E-state index contributed by atoms with van der Waals surface area (Å²) in [5, 5.41) is 14.6. The Balaban J connectivity index is 1.32. The van der Waals surface area contributed by atoms with Crippen molar-refractivity contribution in [1.82, 2.24) is 9.88 Å². The highest BCUT2D eigenvalue weighted by atomic mass is 32.2. The molecule has 2 amide bonds. The number of thioether (sulfide) groups is 1. The number of nitrogens with zero attached hydrogens (tertiary/aromatic N) is 3. The monoisotopic (exact) mass is 482 g/mol. The van der Waals surface area contributed by atoms with Gasteiger partial charge in [0.25, 0.3) is 5.91 Å². The molecule has 2 heterocycles. The standard InChI is InChI=1S/C25H30N4O2S2/c26-13-6-16-32-22-10-5-4-9-20(22)27-23(30)21-17-33-24(28-21)18-11-14-29(15-12-18)25(31)19-7-2-1-3-8-19/h4-5,9-10,17-19H,1-3,6-8,11-12,14-16H2,(H,27,30). The first-order chi connectivity index (χ1) is 16.2. The zero-order valence-corrected chi connectivity index (χ0v) is 20.4. The van der Waals surface area contributed by atoms with E-state index in [0.29, 0.717) is 29.7 Å². The van der Waals surface area contributed by atoms with Crippen molar-refractivity contribution >= 4 is 40.6 Å². The van der Waals surface area contributed by atoms with Gasteiger partial charge in [0, 0.05) is 47.4 Å². The third-order valence-electron chi connectivity index (χ3n) is 6.47. The molecule has 0 atom stereocenters. The van der Waals surface area contributed by atoms with Gasteiger partial charge in [-0.3, -0.25) is 9.59 Å². The van der Waals surface area contributed by atoms with Gasteiger partial charge in [-0.25, -0.2) is 4.98 Å². The van der Waals surface area contributed by atoms with Crippen LogP contribution in [0.3, 0.4) is 0 Å². The number of nitriles is 1. The second-order valence-corrected chi connectivity index (χ2v) is 10.7. The molecule has 2 fully saturated rings. The van der Waals surface area contributed by atoms with Crippen molar-refractivity contribution in [3.63, 3.8) is 0 Å². The van der Waals surface area contributed by atoms with Crippen molar-refractivity contribution in [2.24, 2.45) is 5.92 Å². The number of benzene rings is 1. The van der Waals surface area contributed by atoms with Gasteiger partial charge in [0.2, 0.25) is 5.91 Å². The van der Waals surface area contributed by atoms with Gasteiger partial charge >= 0.3 is 0 Å². The predicted molar refractivity (Wildman–Crippen MR) is 133 cm³/mol. The Labute approximate surface area is 203 Å². The van der Waals surface area contributed by atoms with Gasteiger partial charge in [0.1, 0.15) is 5.69 Å². The van der Waals surface area contributed by atoms with Gasteiger partial charge < -0.3 is 10.2 Å². The van der Waals surface area contributed by atoms with Crippen LogP contribution in [0.15, 0.2) is 34.5 Å². The maximum absolute atomic E-state index is 12.8. The Morgan fingerprint density at radius 1 is 1.15 bits per heavy atom. The Hall–Kier alpha value is -2.37. The molecule has 1 aliphatic carbocycles. The number of carbonyl (C=O) groups excluding carboxylic acids is 2. The summed E-state index contributed by atoms with van der Waals surface area (Å²) in [5.41, 5.74) is 1.18. The summed E-state index contributed by atoms with van der Waals surface area (Å²) >= 11 is 3.10. The van der Waals surface area contributed by atoms with E-state index in [9.17, 15) is 9.59 Å². The number of aromatic nitrogens is 1. The van der Waals surface area contributed by atoms with E-state index in [1.807, 2.05) is 29.6 Å². The van der Waals surface area contributed by atoms with Gasteiger partial charge in [-0.1, -0.05) is 31.4 Å². The normalized spacial score (nSPS) is 17.5. The van der Waals surface area contributed by atoms with Crippen molar-refractivity contribution in [1.29, 1.82) is 5.26 Å². The van der Waals surface area contributed by atoms with E-state index in [1.165, 1.54) is 30.6 Å². The first-order valence-electron chi connectivity index (χ1n) is 11.8. The van der Waals surface area contributed by atoms with Crippen molar-refractivity contribution in [2.45, 2.75) is 62.2 Å². The smallest absolute Gasteiger partial charge is 0.275 e. The number of anilines is 1. The number of hydrogen-bond donors (Lipinski definition) is 1. The number of carbonyl (C=O) groups is 2. The van der Waals surface area contributed by atoms with Crippen LogP contribution >= 0.6 is 23.1 Å². The number of thiazole rings is 1. The van der Waals surface area contributed by atoms with Crippen LogP contribution in [0.25, 0.3) is 0 Å². The molecule has 174 valence electrons. The maximum Gasteiger partial charge on any atom is 0.275 e. The molecule has 2 aromatic rings. The van der Waals surface area contributed by atoms with Crippen LogP contribution in [0, 0.1) is 17.2 Å². The molecule has 0 radical (unpaired) electrons. The lowest BCUT2D eigenvalue weighted by Crippen LogP contribution is -2.41. The lowest BCUT2D eigenvalue weighted by Gasteiger charge is -2.34. The van der Waals surface area contributed by atoms with Crippen molar-refractivity contribution in [3.05, 3.63) is 40.3 Å². The Bertz CT molecular complexity index is 1000. The average Bonchev–Trinajstić information content (AvgIpc) is 3.36. The van der Waals surface area contributed by atoms with E-state index in [4.69, 9.17) is 5.26 Å². The molecule has 0 spiro atoms. The van der Waals surface area contributed by atoms with Crippen LogP contribution < -0.4 is 5.32 Å². The molecule has 4 rings (SSSR count). The summed E-state index contributed by atoms with van der Waals surface area (Å²) in [6.07, 6.45) is 7.99. The number of amides is 2. The fraction of sp³-hybridized carbons (Fsp3) is 0.520. The van der Waals surface area contributed by atoms with E-state index >= 15 is 0 Å². The molecule has 2 aliphatic rings. The topological polar surface area (TPSA) is 86.1 Å². The van der Waals surface area contributed by atoms with Crippen molar-refractivity contribution in [2.75, 3.05) is 24.2 Å². The molecule has 1 aromatic heterocycles. The van der Waals surface area contributed by atoms with E-state index < -0.39 is 0 Å². The van der Waals surface area contributed by atoms with Crippen LogP contribution in [0.2, 0.25) is 0 Å². The van der Waals surface area contributed by atoms with E-state index in [1.54, 1.807) is 11.8 Å². The lowest BCUT2D eigenvalue weighted by atomic mass is 9.87. The van der Waals surface area contributed by atoms with Crippen LogP contribution in [0.5, 0.6) is 0 Å². The molecule has 1 N–H and O–H groups in total. The first kappa shape index (κ1) is 23.8. The number of hydrogen-bond acceptors (Lipinski definition) is 6. The first-order valence-corrected chi connectivity index (χ1v) is 13.7. The summed E-state index contributed by atoms with van der Waals surface area (Å²) in [7, 11) is 0. The summed E-state index contributed by atoms with van der Waals surface area (Å²) in [5.74, 6) is 1.35. The minimum absolute atomic E-state index is 0.212. The van der Waals surface area contributed by atoms with Gasteiger partial charge in [-0.15, -0.1) is 23.1 Å². The van der Waals surface area contributed by atoms with Gasteiger partial charge in [-0.05, 0) is 37.8 Å². The zero-order valence-electron chi connectivity index (χ0n) is 18.8. The third kappa shape index (κ3) is 6.15. The maximum atomic E-state index is 12.8. The second-order valence-electron chi connectivity index (χ2n) is 8.71. The molecule has 6 nitrogen and oxygen atoms in total. The largest absolute Gasteiger partial charge is 0.342 e. The van der Waals surface area contributed by atoms with E-state index in [2.05, 4.69) is 21.3 Å². The number of piperidine rings is 1. The minimum atomic E-state index is -0.212. The summed E-state index contributed by atoms with van der Waals surface area (Å²) in [6, 6.07) is 9.78. The highest BCUT2D eigenvalue weighted by Gasteiger charge is 2.30. The summed E-state index contributed by atoms with van der Waals surface area (Å²) < 4.78 is 0. The lowest BCUT2D eigenvalue weighted by molar-refractivity contribution is -0.137. The Morgan fingerprint density at radius 3 is 2.67 bits per heavy atom. The van der Waals surface area contributed by atoms with Crippen LogP contribution in [-0.4, -0.2) is 40.5 Å². The molecule has 0 bridgehead atoms. The molecule has 1 saturated carbocycles. The average molecular weight is 483 g/mol. The molecule has 33 heavy (non-hydrogen) atoms. The summed E-state index contributed by atoms with van der Waals surface area (Å²) in [4.78, 5) is 33.3. The number of nitrogens with one attached hydrogen (secondary N) is 1. The van der Waals surface area contributed by atoms with Gasteiger partial charge in [0.05, 0.1) is 16.8 Å². The molecule has 1 aliphatic heterocycles. The van der Waals surface area contributed by atoms with E-state index in [-0.39, 0.29) is 11.8 Å². The van der Waals surface area contributed by atoms with Crippen molar-refractivity contribution < 1.29 is 9.59 Å². The molecular formula is C25H30N4O2S2. The fourth-order valence-corrected chi connectivity index (χ4v) is 6.46. The van der Waals surface area contributed by atoms with Gasteiger partial charge in [0.15, 0.2) is 0 Å². The highest BCUT2D eigenvalue weighted by molar-refractivity contribution is 7.99. The predicted octanol–water partition coefficient (Wildman–Crippen LogP) is 5.69. The van der Waals surface area contributed by atoms with Crippen LogP contribution in [0.1, 0.15) is 72.8 Å². The SMILES string of the molecule is N#CCCSc1ccccc1NC(=O)c1csc(C2CCN(C(=O)C3CCCCC3)CC2)n1.